The summed E-state index contributed by atoms with van der Waals surface area (Å²) in [7, 11) is 0. The molecule has 3 heteroatoms. The lowest BCUT2D eigenvalue weighted by Gasteiger charge is -2.06. The molecule has 0 atom stereocenters. The summed E-state index contributed by atoms with van der Waals surface area (Å²) in [5.41, 5.74) is 2.25. The van der Waals surface area contributed by atoms with Crippen LogP contribution in [0.1, 0.15) is 12.6 Å². The predicted molar refractivity (Wildman–Crippen MR) is 78.3 cm³/mol. The average Bonchev–Trinajstić information content (AvgIpc) is 2.92. The number of benzene rings is 2. The summed E-state index contributed by atoms with van der Waals surface area (Å²) in [5.74, 6) is 0. The van der Waals surface area contributed by atoms with E-state index in [4.69, 9.17) is 0 Å². The third-order valence-electron chi connectivity index (χ3n) is 3.76. The lowest BCUT2D eigenvalue weighted by molar-refractivity contribution is 0.989. The monoisotopic (exact) mass is 247 g/mol. The number of aromatic amines is 1. The SMILES string of the molecule is CCc1[nH]nc2c3ccccc3c3cnccc3c12. The van der Waals surface area contributed by atoms with Crippen LogP contribution in [0.4, 0.5) is 0 Å². The fourth-order valence-electron chi connectivity index (χ4n) is 2.87. The smallest absolute Gasteiger partial charge is 0.101 e. The molecule has 0 bridgehead atoms. The van der Waals surface area contributed by atoms with Gasteiger partial charge in [-0.3, -0.25) is 10.1 Å². The molecule has 0 unspecified atom stereocenters. The van der Waals surface area contributed by atoms with Crippen molar-refractivity contribution in [1.29, 1.82) is 0 Å². The van der Waals surface area contributed by atoms with Gasteiger partial charge in [0, 0.05) is 34.2 Å². The maximum absolute atomic E-state index is 4.52. The maximum Gasteiger partial charge on any atom is 0.101 e. The standard InChI is InChI=1S/C16H13N3/c1-2-14-15-11-7-8-17-9-13(11)10-5-3-4-6-12(10)16(15)19-18-14/h3-9H,2H2,1H3,(H,18,19). The fraction of sp³-hybridized carbons (Fsp3) is 0.125. The first-order chi connectivity index (χ1) is 9.40. The van der Waals surface area contributed by atoms with E-state index >= 15 is 0 Å². The third-order valence-corrected chi connectivity index (χ3v) is 3.76. The molecule has 0 amide bonds. The number of aryl methyl sites for hydroxylation is 1. The molecule has 0 radical (unpaired) electrons. The second-order valence-electron chi connectivity index (χ2n) is 4.75. The van der Waals surface area contributed by atoms with Gasteiger partial charge in [0.05, 0.1) is 0 Å². The van der Waals surface area contributed by atoms with Crippen LogP contribution < -0.4 is 0 Å². The van der Waals surface area contributed by atoms with Gasteiger partial charge in [-0.2, -0.15) is 5.10 Å². The molecule has 4 aromatic rings. The minimum Gasteiger partial charge on any atom is -0.281 e. The van der Waals surface area contributed by atoms with Gasteiger partial charge in [-0.05, 0) is 23.3 Å². The van der Waals surface area contributed by atoms with Crippen molar-refractivity contribution in [3.8, 4) is 0 Å². The predicted octanol–water partition coefficient (Wildman–Crippen LogP) is 3.83. The minimum absolute atomic E-state index is 0.951. The lowest BCUT2D eigenvalue weighted by Crippen LogP contribution is -1.84. The second kappa shape index (κ2) is 3.79. The number of rotatable bonds is 1. The topological polar surface area (TPSA) is 41.6 Å². The number of fused-ring (bicyclic) bond motifs is 6. The van der Waals surface area contributed by atoms with Crippen LogP contribution in [-0.4, -0.2) is 15.2 Å². The van der Waals surface area contributed by atoms with Gasteiger partial charge in [0.1, 0.15) is 5.52 Å². The van der Waals surface area contributed by atoms with Gasteiger partial charge in [0.25, 0.3) is 0 Å². The Morgan fingerprint density at radius 2 is 1.84 bits per heavy atom. The zero-order chi connectivity index (χ0) is 12.8. The molecule has 0 aliphatic carbocycles. The normalized spacial score (nSPS) is 11.6. The number of pyridine rings is 1. The quantitative estimate of drug-likeness (QED) is 0.519. The van der Waals surface area contributed by atoms with Crippen molar-refractivity contribution in [1.82, 2.24) is 15.2 Å². The van der Waals surface area contributed by atoms with E-state index in [1.165, 1.54) is 32.6 Å². The van der Waals surface area contributed by atoms with Crippen LogP contribution >= 0.6 is 0 Å². The number of nitrogens with zero attached hydrogens (tertiary/aromatic N) is 2. The van der Waals surface area contributed by atoms with Gasteiger partial charge in [0.15, 0.2) is 0 Å². The molecule has 92 valence electrons. The third kappa shape index (κ3) is 1.32. The summed E-state index contributed by atoms with van der Waals surface area (Å²) in [4.78, 5) is 4.28. The summed E-state index contributed by atoms with van der Waals surface area (Å²) in [5, 5.41) is 13.8. The summed E-state index contributed by atoms with van der Waals surface area (Å²) in [6, 6.07) is 10.5. The van der Waals surface area contributed by atoms with Gasteiger partial charge in [0.2, 0.25) is 0 Å². The molecule has 2 aromatic carbocycles. The Hall–Kier alpha value is -2.42. The highest BCUT2D eigenvalue weighted by molar-refractivity contribution is 6.24. The second-order valence-corrected chi connectivity index (χ2v) is 4.75. The van der Waals surface area contributed by atoms with E-state index in [2.05, 4.69) is 52.4 Å². The molecular weight excluding hydrogens is 234 g/mol. The molecule has 0 spiro atoms. The van der Waals surface area contributed by atoms with Gasteiger partial charge in [-0.15, -0.1) is 0 Å². The van der Waals surface area contributed by atoms with Gasteiger partial charge >= 0.3 is 0 Å². The first-order valence-corrected chi connectivity index (χ1v) is 6.51. The van der Waals surface area contributed by atoms with Crippen LogP contribution in [0.25, 0.3) is 32.4 Å². The Kier molecular flexibility index (Phi) is 2.09. The molecule has 2 aromatic heterocycles. The summed E-state index contributed by atoms with van der Waals surface area (Å²) < 4.78 is 0. The molecule has 0 saturated heterocycles. The molecule has 3 nitrogen and oxygen atoms in total. The molecule has 0 aliphatic rings. The highest BCUT2D eigenvalue weighted by Crippen LogP contribution is 2.34. The number of hydrogen-bond donors (Lipinski definition) is 1. The van der Waals surface area contributed by atoms with Crippen molar-refractivity contribution in [2.75, 3.05) is 0 Å². The van der Waals surface area contributed by atoms with E-state index < -0.39 is 0 Å². The van der Waals surface area contributed by atoms with Gasteiger partial charge < -0.3 is 0 Å². The molecule has 2 heterocycles. The average molecular weight is 247 g/mol. The zero-order valence-corrected chi connectivity index (χ0v) is 10.6. The van der Waals surface area contributed by atoms with Gasteiger partial charge in [-0.25, -0.2) is 0 Å². The van der Waals surface area contributed by atoms with Crippen molar-refractivity contribution in [3.63, 3.8) is 0 Å². The molecular formula is C16H13N3. The Morgan fingerprint density at radius 1 is 1.00 bits per heavy atom. The summed E-state index contributed by atoms with van der Waals surface area (Å²) >= 11 is 0. The van der Waals surface area contributed by atoms with Crippen molar-refractivity contribution in [2.24, 2.45) is 0 Å². The van der Waals surface area contributed by atoms with Crippen LogP contribution in [0, 0.1) is 0 Å². The highest BCUT2D eigenvalue weighted by atomic mass is 15.1. The fourth-order valence-corrected chi connectivity index (χ4v) is 2.87. The van der Waals surface area contributed by atoms with E-state index in [1.807, 2.05) is 12.4 Å². The van der Waals surface area contributed by atoms with Crippen LogP contribution in [0.3, 0.4) is 0 Å². The molecule has 0 saturated carbocycles. The van der Waals surface area contributed by atoms with E-state index in [0.29, 0.717) is 0 Å². The lowest BCUT2D eigenvalue weighted by atomic mass is 9.98. The van der Waals surface area contributed by atoms with Crippen LogP contribution in [-0.2, 0) is 6.42 Å². The number of H-pyrrole nitrogens is 1. The van der Waals surface area contributed by atoms with E-state index in [0.717, 1.165) is 11.9 Å². The maximum atomic E-state index is 4.52. The zero-order valence-electron chi connectivity index (χ0n) is 10.6. The van der Waals surface area contributed by atoms with Crippen LogP contribution in [0.15, 0.2) is 42.7 Å². The van der Waals surface area contributed by atoms with Crippen molar-refractivity contribution >= 4 is 32.4 Å². The van der Waals surface area contributed by atoms with Gasteiger partial charge in [-0.1, -0.05) is 31.2 Å². The molecule has 1 N–H and O–H groups in total. The minimum atomic E-state index is 0.951. The van der Waals surface area contributed by atoms with Crippen molar-refractivity contribution in [2.45, 2.75) is 13.3 Å². The largest absolute Gasteiger partial charge is 0.281 e. The van der Waals surface area contributed by atoms with E-state index in [-0.39, 0.29) is 0 Å². The number of hydrogen-bond acceptors (Lipinski definition) is 2. The first kappa shape index (κ1) is 10.5. The molecule has 0 fully saturated rings. The Balaban J connectivity index is 2.41. The van der Waals surface area contributed by atoms with E-state index in [1.54, 1.807) is 0 Å². The Morgan fingerprint density at radius 3 is 2.68 bits per heavy atom. The Bertz CT molecular complexity index is 906. The molecule has 4 rings (SSSR count). The Labute approximate surface area is 110 Å². The highest BCUT2D eigenvalue weighted by Gasteiger charge is 2.13. The molecule has 19 heavy (non-hydrogen) atoms. The van der Waals surface area contributed by atoms with Crippen LogP contribution in [0.2, 0.25) is 0 Å². The molecule has 0 aliphatic heterocycles. The van der Waals surface area contributed by atoms with Crippen LogP contribution in [0.5, 0.6) is 0 Å². The summed E-state index contributed by atoms with van der Waals surface area (Å²) in [6.45, 7) is 2.15. The van der Waals surface area contributed by atoms with Crippen molar-refractivity contribution < 1.29 is 0 Å². The van der Waals surface area contributed by atoms with E-state index in [9.17, 15) is 0 Å². The number of nitrogens with one attached hydrogen (secondary N) is 1. The summed E-state index contributed by atoms with van der Waals surface area (Å²) in [6.07, 6.45) is 4.75. The van der Waals surface area contributed by atoms with Crippen molar-refractivity contribution in [3.05, 3.63) is 48.4 Å². The first-order valence-electron chi connectivity index (χ1n) is 6.51. The number of aromatic nitrogens is 3.